The normalized spacial score (nSPS) is 12.5. The molecule has 3 aromatic heterocycles. The molecule has 0 amide bonds. The molecule has 0 unspecified atom stereocenters. The molecule has 3 heterocycles. The van der Waals surface area contributed by atoms with Crippen LogP contribution in [0.4, 0.5) is 0 Å². The Balaban J connectivity index is 1.58. The zero-order valence-electron chi connectivity index (χ0n) is 16.1. The summed E-state index contributed by atoms with van der Waals surface area (Å²) in [6.07, 6.45) is 8.44. The molecule has 0 aliphatic carbocycles. The van der Waals surface area contributed by atoms with Crippen LogP contribution in [0.2, 0.25) is 10.0 Å². The van der Waals surface area contributed by atoms with Crippen LogP contribution in [-0.4, -0.2) is 20.2 Å². The highest BCUT2D eigenvalue weighted by Gasteiger charge is 2.16. The molecule has 0 aliphatic heterocycles. The van der Waals surface area contributed by atoms with Gasteiger partial charge in [0.05, 0.1) is 26.9 Å². The highest BCUT2D eigenvalue weighted by atomic mass is 35.5. The molecular weight excluding hydrogens is 421 g/mol. The van der Waals surface area contributed by atoms with E-state index in [2.05, 4.69) is 20.2 Å². The predicted octanol–water partition coefficient (Wildman–Crippen LogP) is 5.43. The molecule has 0 fully saturated rings. The van der Waals surface area contributed by atoms with Gasteiger partial charge in [-0.15, -0.1) is 0 Å². The van der Waals surface area contributed by atoms with E-state index in [0.717, 1.165) is 27.9 Å². The quantitative estimate of drug-likeness (QED) is 0.417. The minimum absolute atomic E-state index is 0.344. The summed E-state index contributed by atoms with van der Waals surface area (Å²) in [5.74, 6) is 0.684. The average molecular weight is 440 g/mol. The second-order valence-electron chi connectivity index (χ2n) is 6.71. The number of hydrogen-bond acceptors (Lipinski definition) is 5. The van der Waals surface area contributed by atoms with Crippen LogP contribution in [0.25, 0.3) is 23.1 Å². The monoisotopic (exact) mass is 439 g/mol. The highest BCUT2D eigenvalue weighted by Crippen LogP contribution is 2.33. The maximum absolute atomic E-state index is 6.25. The summed E-state index contributed by atoms with van der Waals surface area (Å²) in [7, 11) is 0. The SMILES string of the molecule is C[C@@H](Oc1ccc2[nH]nc(/C=C/c3ccc(CN)nc3)c2c1)c1c(Cl)cncc1Cl. The second kappa shape index (κ2) is 8.83. The second-order valence-corrected chi connectivity index (χ2v) is 7.53. The van der Waals surface area contributed by atoms with E-state index in [1.54, 1.807) is 18.6 Å². The molecular formula is C22H19Cl2N5O. The smallest absolute Gasteiger partial charge is 0.124 e. The Kier molecular flexibility index (Phi) is 5.99. The number of nitrogens with two attached hydrogens (primary N) is 1. The van der Waals surface area contributed by atoms with E-state index < -0.39 is 0 Å². The van der Waals surface area contributed by atoms with Crippen LogP contribution in [-0.2, 0) is 6.54 Å². The molecule has 0 bridgehead atoms. The molecule has 4 aromatic rings. The van der Waals surface area contributed by atoms with E-state index in [1.807, 2.05) is 49.4 Å². The number of fused-ring (bicyclic) bond motifs is 1. The van der Waals surface area contributed by atoms with Gasteiger partial charge in [0.2, 0.25) is 0 Å². The maximum atomic E-state index is 6.25. The molecule has 0 spiro atoms. The number of benzene rings is 1. The van der Waals surface area contributed by atoms with Crippen molar-refractivity contribution in [2.75, 3.05) is 0 Å². The Morgan fingerprint density at radius 3 is 2.60 bits per heavy atom. The minimum Gasteiger partial charge on any atom is -0.486 e. The van der Waals surface area contributed by atoms with Gasteiger partial charge >= 0.3 is 0 Å². The van der Waals surface area contributed by atoms with Crippen molar-refractivity contribution in [3.8, 4) is 5.75 Å². The van der Waals surface area contributed by atoms with Crippen molar-refractivity contribution in [1.82, 2.24) is 20.2 Å². The lowest BCUT2D eigenvalue weighted by molar-refractivity contribution is 0.227. The first-order valence-corrected chi connectivity index (χ1v) is 10.1. The summed E-state index contributed by atoms with van der Waals surface area (Å²) >= 11 is 12.5. The fourth-order valence-corrected chi connectivity index (χ4v) is 3.79. The molecule has 152 valence electrons. The van der Waals surface area contributed by atoms with Gasteiger partial charge in [-0.25, -0.2) is 0 Å². The number of rotatable bonds is 6. The number of nitrogens with one attached hydrogen (secondary N) is 1. The standard InChI is InChI=1S/C22H19Cl2N5O/c1-13(22-18(23)11-26-12-19(22)24)30-16-5-7-21-17(8-16)20(28-29-21)6-3-14-2-4-15(9-25)27-10-14/h2-8,10-13H,9,25H2,1H3,(H,28,29)/b6-3+/t13-/m1/s1. The van der Waals surface area contributed by atoms with Gasteiger partial charge in [-0.1, -0.05) is 35.3 Å². The third kappa shape index (κ3) is 4.31. The number of halogens is 2. The van der Waals surface area contributed by atoms with Gasteiger partial charge in [0, 0.05) is 36.1 Å². The van der Waals surface area contributed by atoms with Gasteiger partial charge < -0.3 is 10.5 Å². The number of aromatic nitrogens is 4. The first-order chi connectivity index (χ1) is 14.5. The molecule has 8 heteroatoms. The zero-order chi connectivity index (χ0) is 21.1. The average Bonchev–Trinajstić information content (AvgIpc) is 3.15. The van der Waals surface area contributed by atoms with Crippen molar-refractivity contribution in [3.05, 3.63) is 81.5 Å². The zero-order valence-corrected chi connectivity index (χ0v) is 17.7. The van der Waals surface area contributed by atoms with E-state index in [9.17, 15) is 0 Å². The van der Waals surface area contributed by atoms with Crippen LogP contribution < -0.4 is 10.5 Å². The number of hydrogen-bond donors (Lipinski definition) is 2. The van der Waals surface area contributed by atoms with Crippen molar-refractivity contribution in [2.45, 2.75) is 19.6 Å². The fraction of sp³-hybridized carbons (Fsp3) is 0.136. The van der Waals surface area contributed by atoms with Gasteiger partial charge in [-0.05, 0) is 42.8 Å². The topological polar surface area (TPSA) is 89.7 Å². The molecule has 4 rings (SSSR count). The number of ether oxygens (including phenoxy) is 1. The molecule has 0 aliphatic rings. The minimum atomic E-state index is -0.344. The Morgan fingerprint density at radius 2 is 1.90 bits per heavy atom. The molecule has 0 saturated carbocycles. The van der Waals surface area contributed by atoms with Gasteiger partial charge in [0.1, 0.15) is 11.9 Å². The summed E-state index contributed by atoms with van der Waals surface area (Å²) in [6.45, 7) is 2.32. The van der Waals surface area contributed by atoms with Crippen molar-refractivity contribution in [3.63, 3.8) is 0 Å². The molecule has 0 radical (unpaired) electrons. The number of pyridine rings is 2. The van der Waals surface area contributed by atoms with Crippen molar-refractivity contribution in [1.29, 1.82) is 0 Å². The van der Waals surface area contributed by atoms with Crippen LogP contribution in [0.3, 0.4) is 0 Å². The van der Waals surface area contributed by atoms with Gasteiger partial charge in [-0.2, -0.15) is 5.10 Å². The van der Waals surface area contributed by atoms with Crippen molar-refractivity contribution < 1.29 is 4.74 Å². The largest absolute Gasteiger partial charge is 0.486 e. The van der Waals surface area contributed by atoms with E-state index in [1.165, 1.54) is 0 Å². The van der Waals surface area contributed by atoms with Gasteiger partial charge in [0.25, 0.3) is 0 Å². The van der Waals surface area contributed by atoms with Crippen LogP contribution in [0.5, 0.6) is 5.75 Å². The van der Waals surface area contributed by atoms with E-state index in [0.29, 0.717) is 27.9 Å². The first kappa shape index (κ1) is 20.3. The number of nitrogens with zero attached hydrogens (tertiary/aromatic N) is 3. The van der Waals surface area contributed by atoms with E-state index in [4.69, 9.17) is 33.7 Å². The summed E-state index contributed by atoms with van der Waals surface area (Å²) in [5, 5.41) is 9.30. The molecule has 1 atom stereocenters. The van der Waals surface area contributed by atoms with E-state index in [-0.39, 0.29) is 6.10 Å². The van der Waals surface area contributed by atoms with Crippen molar-refractivity contribution >= 4 is 46.3 Å². The highest BCUT2D eigenvalue weighted by molar-refractivity contribution is 6.35. The summed E-state index contributed by atoms with van der Waals surface area (Å²) in [4.78, 5) is 8.28. The summed E-state index contributed by atoms with van der Waals surface area (Å²) in [5.41, 5.74) is 9.81. The van der Waals surface area contributed by atoms with Crippen molar-refractivity contribution in [2.24, 2.45) is 5.73 Å². The van der Waals surface area contributed by atoms with Crippen LogP contribution >= 0.6 is 23.2 Å². The summed E-state index contributed by atoms with van der Waals surface area (Å²) < 4.78 is 6.10. The van der Waals surface area contributed by atoms with Gasteiger partial charge in [0.15, 0.2) is 0 Å². The summed E-state index contributed by atoms with van der Waals surface area (Å²) in [6, 6.07) is 9.62. The van der Waals surface area contributed by atoms with E-state index >= 15 is 0 Å². The third-order valence-electron chi connectivity index (χ3n) is 4.66. The molecule has 6 nitrogen and oxygen atoms in total. The Morgan fingerprint density at radius 1 is 1.10 bits per heavy atom. The number of aromatic amines is 1. The van der Waals surface area contributed by atoms with Crippen LogP contribution in [0.15, 0.2) is 48.9 Å². The Hall–Kier alpha value is -2.93. The Bertz CT molecular complexity index is 1180. The lowest BCUT2D eigenvalue weighted by atomic mass is 10.1. The van der Waals surface area contributed by atoms with Gasteiger partial charge in [-0.3, -0.25) is 15.1 Å². The predicted molar refractivity (Wildman–Crippen MR) is 120 cm³/mol. The lowest BCUT2D eigenvalue weighted by Crippen LogP contribution is -2.05. The Labute approximate surface area is 183 Å². The maximum Gasteiger partial charge on any atom is 0.124 e. The van der Waals surface area contributed by atoms with Crippen LogP contribution in [0.1, 0.15) is 35.5 Å². The molecule has 1 aromatic carbocycles. The molecule has 0 saturated heterocycles. The van der Waals surface area contributed by atoms with Crippen LogP contribution in [0, 0.1) is 0 Å². The third-order valence-corrected chi connectivity index (χ3v) is 5.27. The molecule has 3 N–H and O–H groups in total. The fourth-order valence-electron chi connectivity index (χ4n) is 3.12. The number of H-pyrrole nitrogens is 1. The molecule has 30 heavy (non-hydrogen) atoms. The first-order valence-electron chi connectivity index (χ1n) is 9.32. The lowest BCUT2D eigenvalue weighted by Gasteiger charge is -2.17.